The molecule has 146 valence electrons. The molecule has 2 aliphatic rings. The van der Waals surface area contributed by atoms with E-state index in [4.69, 9.17) is 4.74 Å². The number of nitrogens with one attached hydrogen (secondary N) is 2. The van der Waals surface area contributed by atoms with Crippen molar-refractivity contribution < 1.29 is 9.84 Å². The van der Waals surface area contributed by atoms with Gasteiger partial charge in [-0.1, -0.05) is 36.8 Å². The first kappa shape index (κ1) is 21.4. The molecule has 0 amide bonds. The first-order valence-electron chi connectivity index (χ1n) is 9.41. The molecule has 1 saturated heterocycles. The van der Waals surface area contributed by atoms with Gasteiger partial charge < -0.3 is 20.5 Å². The van der Waals surface area contributed by atoms with E-state index in [1.807, 2.05) is 7.05 Å². The van der Waals surface area contributed by atoms with E-state index in [9.17, 15) is 5.11 Å². The van der Waals surface area contributed by atoms with Crippen LogP contribution in [0.4, 0.5) is 0 Å². The van der Waals surface area contributed by atoms with Crippen LogP contribution in [-0.4, -0.2) is 51.0 Å². The summed E-state index contributed by atoms with van der Waals surface area (Å²) in [5, 5.41) is 16.3. The van der Waals surface area contributed by atoms with Gasteiger partial charge in [0.05, 0.1) is 6.61 Å². The standard InChI is InChI=1S/C20H31N3O2.HI/c1-21-18(22-14-19(10-12-24)11-13-25-16-19)23-15-20(8-5-9-20)17-6-3-2-4-7-17;/h2-4,6-7,24H,5,8-16H2,1H3,(H2,21,22,23);1H. The summed E-state index contributed by atoms with van der Waals surface area (Å²) in [6.45, 7) is 3.39. The van der Waals surface area contributed by atoms with E-state index in [1.165, 1.54) is 24.8 Å². The summed E-state index contributed by atoms with van der Waals surface area (Å²) in [4.78, 5) is 4.39. The summed E-state index contributed by atoms with van der Waals surface area (Å²) in [7, 11) is 1.81. The minimum Gasteiger partial charge on any atom is -0.396 e. The lowest BCUT2D eigenvalue weighted by atomic mass is 9.64. The van der Waals surface area contributed by atoms with Gasteiger partial charge in [0.15, 0.2) is 5.96 Å². The Kier molecular flexibility index (Phi) is 8.16. The SMILES string of the molecule is CN=C(NCC1(CCO)CCOC1)NCC1(c2ccccc2)CCC1.I. The maximum atomic E-state index is 9.36. The fourth-order valence-corrected chi connectivity index (χ4v) is 4.02. The van der Waals surface area contributed by atoms with Crippen molar-refractivity contribution in [3.63, 3.8) is 0 Å². The summed E-state index contributed by atoms with van der Waals surface area (Å²) >= 11 is 0. The molecule has 0 spiro atoms. The molecule has 3 N–H and O–H groups in total. The van der Waals surface area contributed by atoms with Crippen LogP contribution in [0.5, 0.6) is 0 Å². The van der Waals surface area contributed by atoms with Crippen molar-refractivity contribution in [1.82, 2.24) is 10.6 Å². The third-order valence-electron chi connectivity index (χ3n) is 5.97. The lowest BCUT2D eigenvalue weighted by Gasteiger charge is -2.43. The molecule has 1 aromatic carbocycles. The van der Waals surface area contributed by atoms with Crippen LogP contribution >= 0.6 is 24.0 Å². The number of benzene rings is 1. The van der Waals surface area contributed by atoms with Gasteiger partial charge in [-0.15, -0.1) is 24.0 Å². The first-order valence-corrected chi connectivity index (χ1v) is 9.41. The Morgan fingerprint density at radius 3 is 2.42 bits per heavy atom. The highest BCUT2D eigenvalue weighted by molar-refractivity contribution is 14.0. The highest BCUT2D eigenvalue weighted by atomic mass is 127. The zero-order valence-corrected chi connectivity index (χ0v) is 18.0. The molecule has 6 heteroatoms. The van der Waals surface area contributed by atoms with E-state index >= 15 is 0 Å². The van der Waals surface area contributed by atoms with Gasteiger partial charge in [0, 0.05) is 44.2 Å². The number of aliphatic imine (C=N–C) groups is 1. The fraction of sp³-hybridized carbons (Fsp3) is 0.650. The normalized spacial score (nSPS) is 24.5. The number of hydrogen-bond donors (Lipinski definition) is 3. The molecule has 5 nitrogen and oxygen atoms in total. The van der Waals surface area contributed by atoms with E-state index in [-0.39, 0.29) is 41.4 Å². The van der Waals surface area contributed by atoms with Gasteiger partial charge in [0.2, 0.25) is 0 Å². The average molecular weight is 473 g/mol. The van der Waals surface area contributed by atoms with Crippen LogP contribution in [0, 0.1) is 5.41 Å². The van der Waals surface area contributed by atoms with Gasteiger partial charge in [0.1, 0.15) is 0 Å². The van der Waals surface area contributed by atoms with Gasteiger partial charge in [0.25, 0.3) is 0 Å². The molecule has 1 aromatic rings. The highest BCUT2D eigenvalue weighted by Crippen LogP contribution is 2.43. The van der Waals surface area contributed by atoms with Crippen LogP contribution in [-0.2, 0) is 10.2 Å². The highest BCUT2D eigenvalue weighted by Gasteiger charge is 2.39. The lowest BCUT2D eigenvalue weighted by Crippen LogP contribution is -2.50. The third-order valence-corrected chi connectivity index (χ3v) is 5.97. The smallest absolute Gasteiger partial charge is 0.191 e. The van der Waals surface area contributed by atoms with Crippen molar-refractivity contribution in [2.45, 2.75) is 37.5 Å². The molecule has 1 unspecified atom stereocenters. The van der Waals surface area contributed by atoms with Crippen molar-refractivity contribution in [2.75, 3.05) is 40.0 Å². The maximum absolute atomic E-state index is 9.36. The van der Waals surface area contributed by atoms with Crippen molar-refractivity contribution in [3.8, 4) is 0 Å². The van der Waals surface area contributed by atoms with Crippen LogP contribution in [0.25, 0.3) is 0 Å². The van der Waals surface area contributed by atoms with Crippen LogP contribution < -0.4 is 10.6 Å². The van der Waals surface area contributed by atoms with Crippen molar-refractivity contribution in [1.29, 1.82) is 0 Å². The molecule has 0 aromatic heterocycles. The van der Waals surface area contributed by atoms with E-state index in [0.717, 1.165) is 38.5 Å². The molecule has 1 heterocycles. The van der Waals surface area contributed by atoms with Crippen LogP contribution in [0.2, 0.25) is 0 Å². The lowest BCUT2D eigenvalue weighted by molar-refractivity contribution is 0.127. The Morgan fingerprint density at radius 1 is 1.15 bits per heavy atom. The van der Waals surface area contributed by atoms with E-state index in [1.54, 1.807) is 0 Å². The fourth-order valence-electron chi connectivity index (χ4n) is 4.02. The van der Waals surface area contributed by atoms with Gasteiger partial charge >= 0.3 is 0 Å². The number of hydrogen-bond acceptors (Lipinski definition) is 3. The quantitative estimate of drug-likeness (QED) is 0.324. The zero-order chi connectivity index (χ0) is 17.6. The monoisotopic (exact) mass is 473 g/mol. The number of ether oxygens (including phenoxy) is 1. The first-order chi connectivity index (χ1) is 12.2. The predicted molar refractivity (Wildman–Crippen MR) is 116 cm³/mol. The van der Waals surface area contributed by atoms with E-state index < -0.39 is 0 Å². The summed E-state index contributed by atoms with van der Waals surface area (Å²) in [6, 6.07) is 10.8. The number of nitrogens with zero attached hydrogens (tertiary/aromatic N) is 1. The minimum atomic E-state index is 0. The van der Waals surface area contributed by atoms with Crippen molar-refractivity contribution in [2.24, 2.45) is 10.4 Å². The average Bonchev–Trinajstić information content (AvgIpc) is 3.06. The second-order valence-corrected chi connectivity index (χ2v) is 7.56. The number of guanidine groups is 1. The van der Waals surface area contributed by atoms with E-state index in [2.05, 4.69) is 46.0 Å². The predicted octanol–water partition coefficient (Wildman–Crippen LogP) is 2.68. The molecule has 3 rings (SSSR count). The second-order valence-electron chi connectivity index (χ2n) is 7.56. The van der Waals surface area contributed by atoms with Crippen molar-refractivity contribution in [3.05, 3.63) is 35.9 Å². The second kappa shape index (κ2) is 9.90. The molecule has 1 atom stereocenters. The van der Waals surface area contributed by atoms with E-state index in [0.29, 0.717) is 6.61 Å². The molecule has 0 bridgehead atoms. The largest absolute Gasteiger partial charge is 0.396 e. The number of aliphatic hydroxyl groups excluding tert-OH is 1. The maximum Gasteiger partial charge on any atom is 0.191 e. The number of halogens is 1. The molecule has 1 aliphatic carbocycles. The molecule has 0 radical (unpaired) electrons. The Morgan fingerprint density at radius 2 is 1.88 bits per heavy atom. The summed E-state index contributed by atoms with van der Waals surface area (Å²) < 4.78 is 5.57. The Hall–Kier alpha value is -0.860. The van der Waals surface area contributed by atoms with Gasteiger partial charge in [-0.25, -0.2) is 0 Å². The van der Waals surface area contributed by atoms with Crippen LogP contribution in [0.3, 0.4) is 0 Å². The molecular formula is C20H32IN3O2. The van der Waals surface area contributed by atoms with Gasteiger partial charge in [-0.3, -0.25) is 4.99 Å². The molecule has 1 saturated carbocycles. The topological polar surface area (TPSA) is 65.9 Å². The Labute approximate surface area is 174 Å². The molecule has 2 fully saturated rings. The summed E-state index contributed by atoms with van der Waals surface area (Å²) in [5.41, 5.74) is 1.68. The van der Waals surface area contributed by atoms with Crippen molar-refractivity contribution >= 4 is 29.9 Å². The number of aliphatic hydroxyl groups is 1. The summed E-state index contributed by atoms with van der Waals surface area (Å²) in [6.07, 6.45) is 5.50. The van der Waals surface area contributed by atoms with Crippen LogP contribution in [0.1, 0.15) is 37.7 Å². The third kappa shape index (κ3) is 4.89. The number of rotatable bonds is 7. The molecule has 26 heavy (non-hydrogen) atoms. The van der Waals surface area contributed by atoms with Gasteiger partial charge in [-0.2, -0.15) is 0 Å². The summed E-state index contributed by atoms with van der Waals surface area (Å²) in [5.74, 6) is 0.839. The molecular weight excluding hydrogens is 441 g/mol. The zero-order valence-electron chi connectivity index (χ0n) is 15.7. The Bertz CT molecular complexity index is 570. The Balaban J connectivity index is 0.00000243. The van der Waals surface area contributed by atoms with Gasteiger partial charge in [-0.05, 0) is 31.2 Å². The minimum absolute atomic E-state index is 0. The van der Waals surface area contributed by atoms with Crippen LogP contribution in [0.15, 0.2) is 35.3 Å². The molecule has 1 aliphatic heterocycles.